The van der Waals surface area contributed by atoms with Crippen LogP contribution in [-0.2, 0) is 0 Å². The second-order valence-corrected chi connectivity index (χ2v) is 4.52. The monoisotopic (exact) mass is 195 g/mol. The zero-order valence-electron chi connectivity index (χ0n) is 8.42. The van der Waals surface area contributed by atoms with Crippen LogP contribution in [0, 0.1) is 13.8 Å². The molecule has 1 aromatic rings. The Balaban J connectivity index is 0.000000145. The molecule has 1 fully saturated rings. The van der Waals surface area contributed by atoms with E-state index in [-0.39, 0.29) is 0 Å². The van der Waals surface area contributed by atoms with Crippen LogP contribution in [0.15, 0.2) is 18.3 Å². The van der Waals surface area contributed by atoms with Gasteiger partial charge >= 0.3 is 0 Å². The van der Waals surface area contributed by atoms with E-state index in [1.807, 2.05) is 26.1 Å². The molecule has 0 bridgehead atoms. The molecule has 0 amide bonds. The summed E-state index contributed by atoms with van der Waals surface area (Å²) in [5, 5.41) is 0. The van der Waals surface area contributed by atoms with E-state index in [0.717, 1.165) is 5.69 Å². The van der Waals surface area contributed by atoms with Crippen molar-refractivity contribution in [2.75, 3.05) is 11.5 Å². The summed E-state index contributed by atoms with van der Waals surface area (Å²) in [4.78, 5) is 4.08. The first-order valence-corrected chi connectivity index (χ1v) is 5.91. The van der Waals surface area contributed by atoms with Crippen LogP contribution in [0.25, 0.3) is 0 Å². The predicted molar refractivity (Wildman–Crippen MR) is 60.3 cm³/mol. The maximum absolute atomic E-state index is 4.08. The lowest BCUT2D eigenvalue weighted by molar-refractivity contribution is 0.949. The molecule has 0 atom stereocenters. The molecule has 2 rings (SSSR count). The highest BCUT2D eigenvalue weighted by molar-refractivity contribution is 7.99. The molecule has 0 unspecified atom stereocenters. The molecule has 0 radical (unpaired) electrons. The minimum atomic E-state index is 1.08. The average Bonchev–Trinajstić information content (AvgIpc) is 2.68. The molecule has 0 saturated carbocycles. The SMILES string of the molecule is C1CCSC1.Cc1ccc(C)nc1. The highest BCUT2D eigenvalue weighted by Crippen LogP contribution is 2.14. The number of aryl methyl sites for hydroxylation is 2. The van der Waals surface area contributed by atoms with E-state index in [0.29, 0.717) is 0 Å². The van der Waals surface area contributed by atoms with E-state index in [2.05, 4.69) is 22.8 Å². The molecule has 0 spiro atoms. The first-order chi connectivity index (χ1) is 6.29. The summed E-state index contributed by atoms with van der Waals surface area (Å²) in [7, 11) is 0. The van der Waals surface area contributed by atoms with Crippen molar-refractivity contribution in [3.05, 3.63) is 29.6 Å². The van der Waals surface area contributed by atoms with Gasteiger partial charge in [-0.2, -0.15) is 11.8 Å². The number of hydrogen-bond acceptors (Lipinski definition) is 2. The van der Waals surface area contributed by atoms with E-state index in [1.54, 1.807) is 0 Å². The smallest absolute Gasteiger partial charge is 0.0372 e. The molecule has 1 aliphatic rings. The summed E-state index contributed by atoms with van der Waals surface area (Å²) in [6, 6.07) is 4.07. The molecule has 13 heavy (non-hydrogen) atoms. The minimum Gasteiger partial charge on any atom is -0.261 e. The number of thioether (sulfide) groups is 1. The summed E-state index contributed by atoms with van der Waals surface area (Å²) in [6.07, 6.45) is 4.80. The van der Waals surface area contributed by atoms with Crippen LogP contribution in [-0.4, -0.2) is 16.5 Å². The van der Waals surface area contributed by atoms with Crippen molar-refractivity contribution >= 4 is 11.8 Å². The minimum absolute atomic E-state index is 1.08. The Morgan fingerprint density at radius 1 is 1.15 bits per heavy atom. The van der Waals surface area contributed by atoms with Crippen LogP contribution >= 0.6 is 11.8 Å². The van der Waals surface area contributed by atoms with Gasteiger partial charge in [-0.05, 0) is 49.8 Å². The number of hydrogen-bond donors (Lipinski definition) is 0. The van der Waals surface area contributed by atoms with E-state index < -0.39 is 0 Å². The lowest BCUT2D eigenvalue weighted by Gasteiger charge is -1.89. The van der Waals surface area contributed by atoms with E-state index in [9.17, 15) is 0 Å². The summed E-state index contributed by atoms with van der Waals surface area (Å²) in [5.41, 5.74) is 2.30. The Bertz CT molecular complexity index is 198. The van der Waals surface area contributed by atoms with Crippen molar-refractivity contribution in [3.63, 3.8) is 0 Å². The maximum Gasteiger partial charge on any atom is 0.0372 e. The summed E-state index contributed by atoms with van der Waals surface area (Å²) in [5.74, 6) is 2.83. The molecule has 0 N–H and O–H groups in total. The number of rotatable bonds is 0. The number of nitrogens with zero attached hydrogens (tertiary/aromatic N) is 1. The summed E-state index contributed by atoms with van der Waals surface area (Å²) < 4.78 is 0. The summed E-state index contributed by atoms with van der Waals surface area (Å²) in [6.45, 7) is 4.02. The molecule has 2 heterocycles. The third-order valence-corrected chi connectivity index (χ3v) is 3.04. The first kappa shape index (κ1) is 10.6. The van der Waals surface area contributed by atoms with Crippen molar-refractivity contribution in [1.82, 2.24) is 4.98 Å². The Hall–Kier alpha value is -0.500. The zero-order chi connectivity index (χ0) is 9.52. The van der Waals surface area contributed by atoms with Crippen molar-refractivity contribution in [2.24, 2.45) is 0 Å². The topological polar surface area (TPSA) is 12.9 Å². The van der Waals surface area contributed by atoms with Gasteiger partial charge < -0.3 is 0 Å². The molecule has 1 aromatic heterocycles. The van der Waals surface area contributed by atoms with Crippen molar-refractivity contribution in [2.45, 2.75) is 26.7 Å². The molecule has 1 nitrogen and oxygen atoms in total. The highest BCUT2D eigenvalue weighted by Gasteiger charge is 1.95. The van der Waals surface area contributed by atoms with E-state index in [4.69, 9.17) is 0 Å². The maximum atomic E-state index is 4.08. The largest absolute Gasteiger partial charge is 0.261 e. The molecular formula is C11H17NS. The molecule has 72 valence electrons. The fraction of sp³-hybridized carbons (Fsp3) is 0.545. The third kappa shape index (κ3) is 4.94. The van der Waals surface area contributed by atoms with Gasteiger partial charge in [0.2, 0.25) is 0 Å². The van der Waals surface area contributed by atoms with Gasteiger partial charge in [0.05, 0.1) is 0 Å². The lowest BCUT2D eigenvalue weighted by atomic mass is 10.3. The van der Waals surface area contributed by atoms with E-state index in [1.165, 1.54) is 29.9 Å². The molecular weight excluding hydrogens is 178 g/mol. The van der Waals surface area contributed by atoms with Crippen LogP contribution in [0.2, 0.25) is 0 Å². The van der Waals surface area contributed by atoms with E-state index >= 15 is 0 Å². The predicted octanol–water partition coefficient (Wildman–Crippen LogP) is 3.21. The van der Waals surface area contributed by atoms with Crippen molar-refractivity contribution < 1.29 is 0 Å². The Morgan fingerprint density at radius 2 is 1.85 bits per heavy atom. The Labute approximate surface area is 85.0 Å². The Kier molecular flexibility index (Phi) is 4.91. The molecule has 1 aliphatic heterocycles. The van der Waals surface area contributed by atoms with Crippen LogP contribution in [0.3, 0.4) is 0 Å². The van der Waals surface area contributed by atoms with Crippen LogP contribution in [0.4, 0.5) is 0 Å². The molecule has 0 aliphatic carbocycles. The van der Waals surface area contributed by atoms with Crippen LogP contribution in [0.1, 0.15) is 24.1 Å². The van der Waals surface area contributed by atoms with Gasteiger partial charge in [-0.1, -0.05) is 6.07 Å². The zero-order valence-corrected chi connectivity index (χ0v) is 9.23. The van der Waals surface area contributed by atoms with Gasteiger partial charge in [0.1, 0.15) is 0 Å². The molecule has 1 saturated heterocycles. The van der Waals surface area contributed by atoms with Crippen LogP contribution in [0.5, 0.6) is 0 Å². The second-order valence-electron chi connectivity index (χ2n) is 3.30. The Morgan fingerprint density at radius 3 is 2.15 bits per heavy atom. The van der Waals surface area contributed by atoms with Gasteiger partial charge in [-0.3, -0.25) is 4.98 Å². The first-order valence-electron chi connectivity index (χ1n) is 4.76. The third-order valence-electron chi connectivity index (χ3n) is 1.89. The summed E-state index contributed by atoms with van der Waals surface area (Å²) >= 11 is 2.07. The molecule has 2 heteroatoms. The fourth-order valence-electron chi connectivity index (χ4n) is 1.05. The number of aromatic nitrogens is 1. The van der Waals surface area contributed by atoms with Crippen molar-refractivity contribution in [3.8, 4) is 0 Å². The van der Waals surface area contributed by atoms with Crippen molar-refractivity contribution in [1.29, 1.82) is 0 Å². The van der Waals surface area contributed by atoms with Gasteiger partial charge in [-0.15, -0.1) is 0 Å². The highest BCUT2D eigenvalue weighted by atomic mass is 32.2. The standard InChI is InChI=1S/C7H9N.C4H8S/c1-6-3-4-7(2)8-5-6;1-2-4-5-3-1/h3-5H,1-2H3;1-4H2. The number of pyridine rings is 1. The van der Waals surface area contributed by atoms with Crippen LogP contribution < -0.4 is 0 Å². The average molecular weight is 195 g/mol. The quantitative estimate of drug-likeness (QED) is 0.630. The normalized spacial score (nSPS) is 14.9. The van der Waals surface area contributed by atoms with Gasteiger partial charge in [0.25, 0.3) is 0 Å². The van der Waals surface area contributed by atoms with Gasteiger partial charge in [0, 0.05) is 11.9 Å². The molecule has 0 aromatic carbocycles. The lowest BCUT2D eigenvalue weighted by Crippen LogP contribution is -1.78. The fourth-order valence-corrected chi connectivity index (χ4v) is 2.07. The van der Waals surface area contributed by atoms with Gasteiger partial charge in [-0.25, -0.2) is 0 Å². The second kappa shape index (κ2) is 6.03. The van der Waals surface area contributed by atoms with Gasteiger partial charge in [0.15, 0.2) is 0 Å².